The van der Waals surface area contributed by atoms with E-state index in [1.165, 1.54) is 37.3 Å². The molecule has 1 amide bonds. The van der Waals surface area contributed by atoms with Gasteiger partial charge in [0.05, 0.1) is 4.90 Å². The lowest BCUT2D eigenvalue weighted by Gasteiger charge is -2.09. The summed E-state index contributed by atoms with van der Waals surface area (Å²) in [6, 6.07) is 11.6. The molecule has 2 aromatic carbocycles. The Kier molecular flexibility index (Phi) is 6.85. The SMILES string of the molecule is CC(=O)c1cccc(OCC(=O)OCC(=O)Nc2cccc(S(N)(=O)=O)c2)c1. The van der Waals surface area contributed by atoms with Crippen molar-refractivity contribution in [1.82, 2.24) is 0 Å². The quantitative estimate of drug-likeness (QED) is 0.494. The number of amides is 1. The highest BCUT2D eigenvalue weighted by Gasteiger charge is 2.12. The Balaban J connectivity index is 1.82. The lowest BCUT2D eigenvalue weighted by molar-refractivity contribution is -0.149. The van der Waals surface area contributed by atoms with Crippen LogP contribution in [0.15, 0.2) is 53.4 Å². The Morgan fingerprint density at radius 1 is 1.04 bits per heavy atom. The monoisotopic (exact) mass is 406 g/mol. The van der Waals surface area contributed by atoms with Crippen molar-refractivity contribution >= 4 is 33.4 Å². The van der Waals surface area contributed by atoms with E-state index in [9.17, 15) is 22.8 Å². The van der Waals surface area contributed by atoms with Crippen molar-refractivity contribution in [3.8, 4) is 5.75 Å². The van der Waals surface area contributed by atoms with Crippen molar-refractivity contribution in [1.29, 1.82) is 0 Å². The molecule has 2 aromatic rings. The normalized spacial score (nSPS) is 10.8. The number of hydrogen-bond donors (Lipinski definition) is 2. The molecule has 0 atom stereocenters. The van der Waals surface area contributed by atoms with Crippen LogP contribution in [0.25, 0.3) is 0 Å². The van der Waals surface area contributed by atoms with Gasteiger partial charge < -0.3 is 14.8 Å². The lowest BCUT2D eigenvalue weighted by atomic mass is 10.1. The van der Waals surface area contributed by atoms with Crippen LogP contribution in [0.3, 0.4) is 0 Å². The Morgan fingerprint density at radius 3 is 2.43 bits per heavy atom. The lowest BCUT2D eigenvalue weighted by Crippen LogP contribution is -2.24. The Labute approximate surface area is 161 Å². The molecule has 3 N–H and O–H groups in total. The van der Waals surface area contributed by atoms with Gasteiger partial charge in [0.2, 0.25) is 10.0 Å². The fraction of sp³-hybridized carbons (Fsp3) is 0.167. The van der Waals surface area contributed by atoms with Gasteiger partial charge in [0.25, 0.3) is 5.91 Å². The zero-order chi connectivity index (χ0) is 20.7. The number of nitrogens with one attached hydrogen (secondary N) is 1. The summed E-state index contributed by atoms with van der Waals surface area (Å²) in [7, 11) is -3.90. The molecule has 10 heteroatoms. The van der Waals surface area contributed by atoms with Crippen LogP contribution in [0.5, 0.6) is 5.75 Å². The third-order valence-electron chi connectivity index (χ3n) is 3.41. The molecule has 0 aromatic heterocycles. The number of benzene rings is 2. The van der Waals surface area contributed by atoms with Crippen molar-refractivity contribution in [2.75, 3.05) is 18.5 Å². The average molecular weight is 406 g/mol. The van der Waals surface area contributed by atoms with Crippen molar-refractivity contribution in [2.45, 2.75) is 11.8 Å². The van der Waals surface area contributed by atoms with Gasteiger partial charge >= 0.3 is 5.97 Å². The number of hydrogen-bond acceptors (Lipinski definition) is 7. The summed E-state index contributed by atoms with van der Waals surface area (Å²) in [6.45, 7) is 0.370. The van der Waals surface area contributed by atoms with E-state index in [0.29, 0.717) is 11.3 Å². The van der Waals surface area contributed by atoms with E-state index in [0.717, 1.165) is 0 Å². The van der Waals surface area contributed by atoms with Gasteiger partial charge in [-0.1, -0.05) is 18.2 Å². The van der Waals surface area contributed by atoms with Crippen molar-refractivity contribution in [2.24, 2.45) is 5.14 Å². The van der Waals surface area contributed by atoms with Gasteiger partial charge in [0, 0.05) is 11.3 Å². The Morgan fingerprint density at radius 2 is 1.75 bits per heavy atom. The minimum atomic E-state index is -3.90. The smallest absolute Gasteiger partial charge is 0.344 e. The molecule has 0 aliphatic carbocycles. The minimum Gasteiger partial charge on any atom is -0.482 e. The van der Waals surface area contributed by atoms with Gasteiger partial charge in [0.15, 0.2) is 19.0 Å². The molecule has 2 rings (SSSR count). The molecule has 0 spiro atoms. The van der Waals surface area contributed by atoms with Crippen LogP contribution in [0, 0.1) is 0 Å². The van der Waals surface area contributed by atoms with Crippen molar-refractivity contribution < 1.29 is 32.3 Å². The molecule has 0 aliphatic rings. The number of nitrogens with two attached hydrogens (primary N) is 1. The summed E-state index contributed by atoms with van der Waals surface area (Å²) >= 11 is 0. The second-order valence-electron chi connectivity index (χ2n) is 5.65. The number of anilines is 1. The van der Waals surface area contributed by atoms with Crippen molar-refractivity contribution in [3.63, 3.8) is 0 Å². The molecular formula is C18H18N2O7S. The Bertz CT molecular complexity index is 1000. The summed E-state index contributed by atoms with van der Waals surface area (Å²) in [5, 5.41) is 7.41. The molecule has 0 saturated heterocycles. The van der Waals surface area contributed by atoms with Crippen molar-refractivity contribution in [3.05, 3.63) is 54.1 Å². The average Bonchev–Trinajstić information content (AvgIpc) is 2.64. The number of rotatable bonds is 8. The summed E-state index contributed by atoms with van der Waals surface area (Å²) < 4.78 is 32.6. The summed E-state index contributed by atoms with van der Waals surface area (Å²) in [6.07, 6.45) is 0. The maximum atomic E-state index is 11.8. The third-order valence-corrected chi connectivity index (χ3v) is 4.32. The minimum absolute atomic E-state index is 0.142. The molecule has 0 heterocycles. The summed E-state index contributed by atoms with van der Waals surface area (Å²) in [5.41, 5.74) is 0.622. The number of esters is 1. The van der Waals surface area contributed by atoms with Gasteiger partial charge in [-0.25, -0.2) is 18.4 Å². The zero-order valence-corrected chi connectivity index (χ0v) is 15.7. The molecule has 0 radical (unpaired) electrons. The molecule has 0 unspecified atom stereocenters. The van der Waals surface area contributed by atoms with Crippen LogP contribution in [-0.4, -0.2) is 39.3 Å². The third kappa shape index (κ3) is 6.49. The van der Waals surface area contributed by atoms with Gasteiger partial charge in [-0.05, 0) is 37.3 Å². The molecule has 148 valence electrons. The highest BCUT2D eigenvalue weighted by molar-refractivity contribution is 7.89. The van der Waals surface area contributed by atoms with E-state index in [2.05, 4.69) is 5.32 Å². The molecule has 0 saturated carbocycles. The van der Waals surface area contributed by atoms with Crippen LogP contribution < -0.4 is 15.2 Å². The molecule has 28 heavy (non-hydrogen) atoms. The molecular weight excluding hydrogens is 388 g/mol. The first-order valence-corrected chi connectivity index (χ1v) is 9.52. The Hall–Kier alpha value is -3.24. The number of primary sulfonamides is 1. The second kappa shape index (κ2) is 9.11. The van der Waals surface area contributed by atoms with E-state index in [4.69, 9.17) is 14.6 Å². The predicted molar refractivity (Wildman–Crippen MR) is 99.3 cm³/mol. The molecule has 0 bridgehead atoms. The number of ketones is 1. The van der Waals surface area contributed by atoms with Crippen LogP contribution in [0.2, 0.25) is 0 Å². The topological polar surface area (TPSA) is 142 Å². The number of Topliss-reactive ketones (excluding diaryl/α,β-unsaturated/α-hetero) is 1. The van der Waals surface area contributed by atoms with Gasteiger partial charge in [-0.2, -0.15) is 0 Å². The van der Waals surface area contributed by atoms with Crippen LogP contribution in [0.1, 0.15) is 17.3 Å². The fourth-order valence-corrected chi connectivity index (χ4v) is 2.64. The maximum Gasteiger partial charge on any atom is 0.344 e. The van der Waals surface area contributed by atoms with E-state index >= 15 is 0 Å². The highest BCUT2D eigenvalue weighted by Crippen LogP contribution is 2.15. The maximum absolute atomic E-state index is 11.8. The highest BCUT2D eigenvalue weighted by atomic mass is 32.2. The first-order valence-electron chi connectivity index (χ1n) is 7.97. The largest absolute Gasteiger partial charge is 0.482 e. The first-order chi connectivity index (χ1) is 13.1. The predicted octanol–water partition coefficient (Wildman–Crippen LogP) is 1.10. The van der Waals surface area contributed by atoms with Crippen LogP contribution >= 0.6 is 0 Å². The number of ether oxygens (including phenoxy) is 2. The van der Waals surface area contributed by atoms with Crippen LogP contribution in [-0.2, 0) is 24.3 Å². The zero-order valence-electron chi connectivity index (χ0n) is 14.9. The van der Waals surface area contributed by atoms with Gasteiger partial charge in [-0.15, -0.1) is 0 Å². The summed E-state index contributed by atoms with van der Waals surface area (Å²) in [5.74, 6) is -1.29. The van der Waals surface area contributed by atoms with Gasteiger partial charge in [-0.3, -0.25) is 9.59 Å². The molecule has 0 fully saturated rings. The number of carbonyl (C=O) groups excluding carboxylic acids is 3. The number of sulfonamides is 1. The van der Waals surface area contributed by atoms with E-state index in [-0.39, 0.29) is 16.4 Å². The molecule has 0 aliphatic heterocycles. The number of carbonyl (C=O) groups is 3. The fourth-order valence-electron chi connectivity index (χ4n) is 2.08. The molecule has 9 nitrogen and oxygen atoms in total. The second-order valence-corrected chi connectivity index (χ2v) is 7.22. The first kappa shape index (κ1) is 21.1. The van der Waals surface area contributed by atoms with E-state index in [1.807, 2.05) is 0 Å². The van der Waals surface area contributed by atoms with E-state index in [1.54, 1.807) is 18.2 Å². The van der Waals surface area contributed by atoms with Crippen LogP contribution in [0.4, 0.5) is 5.69 Å². The van der Waals surface area contributed by atoms with E-state index < -0.39 is 35.1 Å². The van der Waals surface area contributed by atoms with Gasteiger partial charge in [0.1, 0.15) is 5.75 Å². The standard InChI is InChI=1S/C18H18N2O7S/c1-12(21)13-4-2-6-15(8-13)26-11-18(23)27-10-17(22)20-14-5-3-7-16(9-14)28(19,24)25/h2-9H,10-11H2,1H3,(H,20,22)(H2,19,24,25). The summed E-state index contributed by atoms with van der Waals surface area (Å²) in [4.78, 5) is 34.7.